The van der Waals surface area contributed by atoms with E-state index in [1.807, 2.05) is 6.07 Å². The van der Waals surface area contributed by atoms with Crippen LogP contribution in [0.4, 0.5) is 5.69 Å². The second-order valence-electron chi connectivity index (χ2n) is 10.4. The SMILES string of the molecule is COc1cc2sc(C(=O)CC(C)C(=O)O)cc2cc1OCCCOc1cc2c(cc1N)CN(C(=O)CC(C)C(=O)O)C2. The number of benzene rings is 2. The van der Waals surface area contributed by atoms with Crippen LogP contribution in [0.2, 0.25) is 0 Å². The summed E-state index contributed by atoms with van der Waals surface area (Å²) >= 11 is 1.29. The summed E-state index contributed by atoms with van der Waals surface area (Å²) < 4.78 is 18.2. The number of ketones is 1. The molecule has 2 heterocycles. The number of nitrogen functional groups attached to an aromatic ring is 1. The smallest absolute Gasteiger partial charge is 0.306 e. The molecule has 12 heteroatoms. The standard InChI is InChI=1S/C30H34N2O9S/c1-16(29(35)36)7-22(33)27-12-18-10-25(24(39-3)13-26(18)42-27)41-6-4-5-40-23-11-20-15-32(14-19(20)9-21(23)31)28(34)8-17(2)30(37)38/h9-13,16-17H,4-8,14-15,31H2,1-3H3,(H,35,36)(H,37,38). The molecule has 42 heavy (non-hydrogen) atoms. The monoisotopic (exact) mass is 598 g/mol. The molecule has 2 unspecified atom stereocenters. The van der Waals surface area contributed by atoms with Crippen LogP contribution < -0.4 is 19.9 Å². The molecule has 4 rings (SSSR count). The van der Waals surface area contributed by atoms with Crippen molar-refractivity contribution in [3.63, 3.8) is 0 Å². The van der Waals surface area contributed by atoms with Crippen molar-refractivity contribution in [3.05, 3.63) is 46.3 Å². The summed E-state index contributed by atoms with van der Waals surface area (Å²) in [5.74, 6) is -2.42. The summed E-state index contributed by atoms with van der Waals surface area (Å²) in [6.07, 6.45) is 0.410. The minimum Gasteiger partial charge on any atom is -0.493 e. The predicted molar refractivity (Wildman–Crippen MR) is 156 cm³/mol. The van der Waals surface area contributed by atoms with Crippen molar-refractivity contribution in [2.24, 2.45) is 11.8 Å². The van der Waals surface area contributed by atoms with Crippen LogP contribution in [0.25, 0.3) is 10.1 Å². The Hall–Kier alpha value is -4.32. The maximum atomic E-state index is 12.5. The van der Waals surface area contributed by atoms with E-state index in [2.05, 4.69) is 0 Å². The fraction of sp³-hybridized carbons (Fsp3) is 0.400. The number of thiophene rings is 1. The van der Waals surface area contributed by atoms with Gasteiger partial charge in [0, 0.05) is 43.1 Å². The van der Waals surface area contributed by atoms with Gasteiger partial charge >= 0.3 is 11.9 Å². The first-order valence-corrected chi connectivity index (χ1v) is 14.3. The van der Waals surface area contributed by atoms with Crippen molar-refractivity contribution >= 4 is 50.7 Å². The third kappa shape index (κ3) is 7.11. The highest BCUT2D eigenvalue weighted by atomic mass is 32.1. The number of methoxy groups -OCH3 is 1. The van der Waals surface area contributed by atoms with E-state index in [0.29, 0.717) is 60.5 Å². The molecule has 2 atom stereocenters. The van der Waals surface area contributed by atoms with Gasteiger partial charge in [-0.05, 0) is 40.8 Å². The lowest BCUT2D eigenvalue weighted by Gasteiger charge is -2.16. The molecule has 11 nitrogen and oxygen atoms in total. The Balaban J connectivity index is 1.31. The summed E-state index contributed by atoms with van der Waals surface area (Å²) in [5, 5.41) is 19.0. The van der Waals surface area contributed by atoms with Crippen molar-refractivity contribution in [3.8, 4) is 17.2 Å². The fourth-order valence-electron chi connectivity index (χ4n) is 4.57. The Labute approximate surface area is 246 Å². The number of carbonyl (C=O) groups excluding carboxylic acids is 2. The van der Waals surface area contributed by atoms with E-state index >= 15 is 0 Å². The van der Waals surface area contributed by atoms with Crippen LogP contribution in [0, 0.1) is 11.8 Å². The van der Waals surface area contributed by atoms with Gasteiger partial charge in [0.05, 0.1) is 42.7 Å². The number of carboxylic acids is 2. The lowest BCUT2D eigenvalue weighted by Crippen LogP contribution is -2.28. The van der Waals surface area contributed by atoms with E-state index in [1.165, 1.54) is 32.3 Å². The zero-order valence-electron chi connectivity index (χ0n) is 23.7. The van der Waals surface area contributed by atoms with E-state index in [-0.39, 0.29) is 24.5 Å². The molecule has 224 valence electrons. The van der Waals surface area contributed by atoms with Gasteiger partial charge in [0.15, 0.2) is 17.3 Å². The van der Waals surface area contributed by atoms with Crippen molar-refractivity contribution in [1.29, 1.82) is 0 Å². The minimum absolute atomic E-state index is 0.0579. The normalized spacial score (nSPS) is 13.8. The van der Waals surface area contributed by atoms with E-state index in [9.17, 15) is 19.2 Å². The average Bonchev–Trinajstić information content (AvgIpc) is 3.55. The zero-order valence-corrected chi connectivity index (χ0v) is 24.5. The molecular formula is C30H34N2O9S. The van der Waals surface area contributed by atoms with Gasteiger partial charge in [-0.3, -0.25) is 19.2 Å². The number of aliphatic carboxylic acids is 2. The molecule has 0 saturated heterocycles. The number of hydrogen-bond donors (Lipinski definition) is 3. The molecule has 0 aliphatic carbocycles. The van der Waals surface area contributed by atoms with Crippen LogP contribution in [0.15, 0.2) is 30.3 Å². The highest BCUT2D eigenvalue weighted by Gasteiger charge is 2.27. The first-order valence-electron chi connectivity index (χ1n) is 13.5. The van der Waals surface area contributed by atoms with Gasteiger partial charge in [-0.25, -0.2) is 0 Å². The molecule has 1 aliphatic heterocycles. The van der Waals surface area contributed by atoms with Crippen LogP contribution in [0.5, 0.6) is 17.2 Å². The van der Waals surface area contributed by atoms with Gasteiger partial charge in [-0.15, -0.1) is 11.3 Å². The first-order chi connectivity index (χ1) is 20.0. The summed E-state index contributed by atoms with van der Waals surface area (Å²) in [5.41, 5.74) is 8.47. The minimum atomic E-state index is -1.01. The Bertz CT molecular complexity index is 1520. The maximum absolute atomic E-state index is 12.5. The van der Waals surface area contributed by atoms with Crippen molar-refractivity contribution in [2.75, 3.05) is 26.1 Å². The number of nitrogens with two attached hydrogens (primary N) is 1. The third-order valence-corrected chi connectivity index (χ3v) is 8.24. The Kier molecular flexibility index (Phi) is 9.56. The van der Waals surface area contributed by atoms with Gasteiger partial charge in [0.1, 0.15) is 5.75 Å². The number of fused-ring (bicyclic) bond motifs is 2. The van der Waals surface area contributed by atoms with Crippen molar-refractivity contribution in [1.82, 2.24) is 4.90 Å². The largest absolute Gasteiger partial charge is 0.493 e. The van der Waals surface area contributed by atoms with Crippen molar-refractivity contribution < 1.29 is 43.6 Å². The number of Topliss-reactive ketones (excluding diaryl/α,β-unsaturated/α-hetero) is 1. The number of amides is 1. The van der Waals surface area contributed by atoms with Gasteiger partial charge in [0.2, 0.25) is 5.91 Å². The summed E-state index contributed by atoms with van der Waals surface area (Å²) in [7, 11) is 1.53. The predicted octanol–water partition coefficient (Wildman–Crippen LogP) is 4.59. The zero-order chi connectivity index (χ0) is 30.6. The number of ether oxygens (including phenoxy) is 3. The second-order valence-corrected chi connectivity index (χ2v) is 11.5. The van der Waals surface area contributed by atoms with Crippen LogP contribution in [0.1, 0.15) is 53.9 Å². The highest BCUT2D eigenvalue weighted by molar-refractivity contribution is 7.20. The van der Waals surface area contributed by atoms with Crippen LogP contribution in [-0.4, -0.2) is 59.1 Å². The molecule has 0 bridgehead atoms. The van der Waals surface area contributed by atoms with Gasteiger partial charge < -0.3 is 35.1 Å². The van der Waals surface area contributed by atoms with E-state index in [0.717, 1.165) is 21.2 Å². The highest BCUT2D eigenvalue weighted by Crippen LogP contribution is 2.37. The van der Waals surface area contributed by atoms with Crippen LogP contribution in [-0.2, 0) is 27.5 Å². The molecule has 0 spiro atoms. The molecule has 0 radical (unpaired) electrons. The Morgan fingerprint density at radius 2 is 1.50 bits per heavy atom. The van der Waals surface area contributed by atoms with Gasteiger partial charge in [0.25, 0.3) is 0 Å². The lowest BCUT2D eigenvalue weighted by atomic mass is 10.0. The third-order valence-electron chi connectivity index (χ3n) is 7.10. The number of carboxylic acid groups (broad SMARTS) is 2. The lowest BCUT2D eigenvalue weighted by molar-refractivity contribution is -0.145. The molecular weight excluding hydrogens is 564 g/mol. The Morgan fingerprint density at radius 1 is 0.881 bits per heavy atom. The number of hydrogen-bond acceptors (Lipinski definition) is 9. The number of rotatable bonds is 14. The van der Waals surface area contributed by atoms with E-state index in [1.54, 1.807) is 29.2 Å². The molecule has 1 aliphatic rings. The van der Waals surface area contributed by atoms with Crippen LogP contribution >= 0.6 is 11.3 Å². The fourth-order valence-corrected chi connectivity index (χ4v) is 5.59. The number of anilines is 1. The van der Waals surface area contributed by atoms with Gasteiger partial charge in [-0.2, -0.15) is 0 Å². The quantitative estimate of drug-likeness (QED) is 0.136. The maximum Gasteiger partial charge on any atom is 0.306 e. The van der Waals surface area contributed by atoms with Crippen molar-refractivity contribution in [2.45, 2.75) is 46.2 Å². The van der Waals surface area contributed by atoms with Gasteiger partial charge in [-0.1, -0.05) is 13.8 Å². The summed E-state index contributed by atoms with van der Waals surface area (Å²) in [6.45, 7) is 4.42. The second kappa shape index (κ2) is 13.1. The van der Waals surface area contributed by atoms with E-state index < -0.39 is 23.8 Å². The molecule has 0 saturated carbocycles. The molecule has 1 amide bonds. The first kappa shape index (κ1) is 30.6. The average molecular weight is 599 g/mol. The summed E-state index contributed by atoms with van der Waals surface area (Å²) in [6, 6.07) is 8.95. The molecule has 4 N–H and O–H groups in total. The van der Waals surface area contributed by atoms with Crippen LogP contribution in [0.3, 0.4) is 0 Å². The number of nitrogens with zero attached hydrogens (tertiary/aromatic N) is 1. The molecule has 1 aromatic heterocycles. The molecule has 3 aromatic rings. The number of carbonyl (C=O) groups is 4. The topological polar surface area (TPSA) is 166 Å². The Morgan fingerprint density at radius 3 is 2.14 bits per heavy atom. The van der Waals surface area contributed by atoms with E-state index in [4.69, 9.17) is 30.2 Å². The summed E-state index contributed by atoms with van der Waals surface area (Å²) in [4.78, 5) is 49.4. The molecule has 2 aromatic carbocycles. The molecule has 0 fully saturated rings.